The summed E-state index contributed by atoms with van der Waals surface area (Å²) in [5, 5.41) is 12.6. The Balaban J connectivity index is 1.52. The molecule has 1 aliphatic rings. The van der Waals surface area contributed by atoms with Crippen LogP contribution in [-0.4, -0.2) is 30.6 Å². The molecule has 0 saturated carbocycles. The van der Waals surface area contributed by atoms with Crippen molar-refractivity contribution in [2.45, 2.75) is 33.3 Å². The number of esters is 1. The average molecular weight is 540 g/mol. The monoisotopic (exact) mass is 539 g/mol. The van der Waals surface area contributed by atoms with E-state index in [2.05, 4.69) is 26.9 Å². The number of benzene rings is 2. The van der Waals surface area contributed by atoms with Crippen molar-refractivity contribution in [3.63, 3.8) is 0 Å². The molecule has 0 aliphatic carbocycles. The largest absolute Gasteiger partial charge is 0.487 e. The third-order valence-corrected chi connectivity index (χ3v) is 7.36. The second kappa shape index (κ2) is 11.0. The highest BCUT2D eigenvalue weighted by molar-refractivity contribution is 9.10. The van der Waals surface area contributed by atoms with Gasteiger partial charge in [0.25, 0.3) is 0 Å². The number of carbonyl (C=O) groups is 1. The van der Waals surface area contributed by atoms with Crippen LogP contribution in [0.2, 0.25) is 0 Å². The fourth-order valence-corrected chi connectivity index (χ4v) is 5.41. The number of ether oxygens (including phenoxy) is 2. The first-order valence-corrected chi connectivity index (χ1v) is 13.0. The van der Waals surface area contributed by atoms with Crippen molar-refractivity contribution in [1.82, 2.24) is 4.98 Å². The Morgan fingerprint density at radius 1 is 1.29 bits per heavy atom. The van der Waals surface area contributed by atoms with Gasteiger partial charge in [-0.05, 0) is 62.1 Å². The first-order chi connectivity index (χ1) is 16.5. The number of piperidine rings is 1. The zero-order valence-electron chi connectivity index (χ0n) is 19.2. The van der Waals surface area contributed by atoms with Crippen LogP contribution in [0, 0.1) is 24.2 Å². The van der Waals surface area contributed by atoms with E-state index < -0.39 is 0 Å². The van der Waals surface area contributed by atoms with Gasteiger partial charge in [0.05, 0.1) is 23.8 Å². The summed E-state index contributed by atoms with van der Waals surface area (Å²) in [6.45, 7) is 6.19. The number of thiazole rings is 1. The van der Waals surface area contributed by atoms with Crippen LogP contribution >= 0.6 is 27.3 Å². The molecule has 6 nitrogen and oxygen atoms in total. The summed E-state index contributed by atoms with van der Waals surface area (Å²) < 4.78 is 12.4. The highest BCUT2D eigenvalue weighted by atomic mass is 79.9. The first kappa shape index (κ1) is 24.2. The molecule has 1 aliphatic heterocycles. The summed E-state index contributed by atoms with van der Waals surface area (Å²) in [5.74, 6) is 0.410. The van der Waals surface area contributed by atoms with Gasteiger partial charge in [0.2, 0.25) is 0 Å². The number of para-hydroxylation sites is 1. The van der Waals surface area contributed by atoms with Gasteiger partial charge >= 0.3 is 5.97 Å². The van der Waals surface area contributed by atoms with Gasteiger partial charge in [0.1, 0.15) is 18.4 Å². The molecular formula is C26H26BrN3O3S. The van der Waals surface area contributed by atoms with Crippen LogP contribution in [0.3, 0.4) is 0 Å². The van der Waals surface area contributed by atoms with Crippen LogP contribution in [0.15, 0.2) is 46.3 Å². The molecule has 2 aromatic carbocycles. The zero-order chi connectivity index (χ0) is 24.1. The van der Waals surface area contributed by atoms with Gasteiger partial charge in [0.15, 0.2) is 5.13 Å². The van der Waals surface area contributed by atoms with E-state index in [1.165, 1.54) is 0 Å². The Morgan fingerprint density at radius 3 is 2.79 bits per heavy atom. The number of nitrogens with zero attached hydrogens (tertiary/aromatic N) is 3. The van der Waals surface area contributed by atoms with Gasteiger partial charge in [0, 0.05) is 28.5 Å². The number of hydrogen-bond donors (Lipinski definition) is 0. The van der Waals surface area contributed by atoms with E-state index in [1.807, 2.05) is 49.6 Å². The van der Waals surface area contributed by atoms with Gasteiger partial charge in [-0.2, -0.15) is 5.26 Å². The summed E-state index contributed by atoms with van der Waals surface area (Å²) in [4.78, 5) is 19.1. The number of halogens is 1. The Labute approximate surface area is 212 Å². The third kappa shape index (κ3) is 5.43. The summed E-state index contributed by atoms with van der Waals surface area (Å²) in [6.07, 6.45) is 1.52. The van der Waals surface area contributed by atoms with Crippen LogP contribution in [0.5, 0.6) is 5.75 Å². The molecule has 176 valence electrons. The maximum absolute atomic E-state index is 12.0. The summed E-state index contributed by atoms with van der Waals surface area (Å²) >= 11 is 5.06. The van der Waals surface area contributed by atoms with Crippen molar-refractivity contribution in [3.05, 3.63) is 62.9 Å². The molecule has 34 heavy (non-hydrogen) atoms. The lowest BCUT2D eigenvalue weighted by atomic mass is 9.97. The number of aromatic nitrogens is 1. The van der Waals surface area contributed by atoms with Crippen molar-refractivity contribution in [2.24, 2.45) is 5.92 Å². The topological polar surface area (TPSA) is 75.5 Å². The summed E-state index contributed by atoms with van der Waals surface area (Å²) in [5.41, 5.74) is 4.25. The standard InChI is InChI=1S/C26H26BrN3O3S/c1-3-32-25(31)18-9-11-30(12-10-18)26-29-23(16-34-26)22-6-4-5-19(14-28)24(22)33-15-20-7-8-21(27)13-17(20)2/h4-8,13,16,18H,3,9-12,15H2,1-2H3. The van der Waals surface area contributed by atoms with Crippen molar-refractivity contribution >= 4 is 38.4 Å². The molecule has 1 fully saturated rings. The van der Waals surface area contributed by atoms with Gasteiger partial charge in [-0.1, -0.05) is 28.1 Å². The minimum Gasteiger partial charge on any atom is -0.487 e. The molecule has 8 heteroatoms. The molecule has 0 unspecified atom stereocenters. The highest BCUT2D eigenvalue weighted by Crippen LogP contribution is 2.37. The SMILES string of the molecule is CCOC(=O)C1CCN(c2nc(-c3cccc(C#N)c3OCc3ccc(Br)cc3C)cs2)CC1. The molecular weight excluding hydrogens is 514 g/mol. The molecule has 0 atom stereocenters. The van der Waals surface area contributed by atoms with E-state index in [1.54, 1.807) is 17.4 Å². The van der Waals surface area contributed by atoms with E-state index >= 15 is 0 Å². The van der Waals surface area contributed by atoms with Gasteiger partial charge in [-0.15, -0.1) is 11.3 Å². The number of hydrogen-bond acceptors (Lipinski definition) is 7. The number of aryl methyl sites for hydroxylation is 1. The lowest BCUT2D eigenvalue weighted by molar-refractivity contribution is -0.148. The molecule has 0 radical (unpaired) electrons. The van der Waals surface area contributed by atoms with E-state index in [0.29, 0.717) is 24.5 Å². The van der Waals surface area contributed by atoms with Crippen LogP contribution in [-0.2, 0) is 16.1 Å². The van der Waals surface area contributed by atoms with Crippen LogP contribution < -0.4 is 9.64 Å². The van der Waals surface area contributed by atoms with Crippen molar-refractivity contribution < 1.29 is 14.3 Å². The van der Waals surface area contributed by atoms with Gasteiger partial charge in [-0.3, -0.25) is 4.79 Å². The van der Waals surface area contributed by atoms with Crippen molar-refractivity contribution in [2.75, 3.05) is 24.6 Å². The fraction of sp³-hybridized carbons (Fsp3) is 0.346. The normalized spacial score (nSPS) is 14.0. The molecule has 4 rings (SSSR count). The predicted molar refractivity (Wildman–Crippen MR) is 137 cm³/mol. The molecule has 0 N–H and O–H groups in total. The molecule has 1 aromatic heterocycles. The zero-order valence-corrected chi connectivity index (χ0v) is 21.6. The summed E-state index contributed by atoms with van der Waals surface area (Å²) in [7, 11) is 0. The first-order valence-electron chi connectivity index (χ1n) is 11.3. The van der Waals surface area contributed by atoms with Crippen molar-refractivity contribution in [3.8, 4) is 23.1 Å². The lowest BCUT2D eigenvalue weighted by Crippen LogP contribution is -2.36. The Bertz CT molecular complexity index is 1210. The number of rotatable bonds is 7. The quantitative estimate of drug-likeness (QED) is 0.337. The van der Waals surface area contributed by atoms with Gasteiger partial charge in [-0.25, -0.2) is 4.98 Å². The third-order valence-electron chi connectivity index (χ3n) is 5.97. The Morgan fingerprint density at radius 2 is 2.09 bits per heavy atom. The van der Waals surface area contributed by atoms with E-state index in [9.17, 15) is 10.1 Å². The number of anilines is 1. The number of carbonyl (C=O) groups excluding carboxylic acids is 1. The fourth-order valence-electron chi connectivity index (χ4n) is 4.05. The van der Waals surface area contributed by atoms with Crippen LogP contribution in [0.4, 0.5) is 5.13 Å². The molecule has 3 aromatic rings. The number of nitriles is 1. The van der Waals surface area contributed by atoms with E-state index in [-0.39, 0.29) is 11.9 Å². The molecule has 0 amide bonds. The molecule has 0 bridgehead atoms. The predicted octanol–water partition coefficient (Wildman–Crippen LogP) is 6.11. The molecule has 1 saturated heterocycles. The van der Waals surface area contributed by atoms with Crippen LogP contribution in [0.1, 0.15) is 36.5 Å². The minimum absolute atomic E-state index is 0.0370. The maximum atomic E-state index is 12.0. The maximum Gasteiger partial charge on any atom is 0.309 e. The van der Waals surface area contributed by atoms with E-state index in [4.69, 9.17) is 14.5 Å². The highest BCUT2D eigenvalue weighted by Gasteiger charge is 2.27. The lowest BCUT2D eigenvalue weighted by Gasteiger charge is -2.30. The second-order valence-corrected chi connectivity index (χ2v) is 9.93. The Kier molecular flexibility index (Phi) is 7.86. The Hall–Kier alpha value is -2.89. The van der Waals surface area contributed by atoms with Gasteiger partial charge < -0.3 is 14.4 Å². The minimum atomic E-state index is -0.0990. The summed E-state index contributed by atoms with van der Waals surface area (Å²) in [6, 6.07) is 13.9. The molecule has 0 spiro atoms. The van der Waals surface area contributed by atoms with Crippen molar-refractivity contribution in [1.29, 1.82) is 5.26 Å². The smallest absolute Gasteiger partial charge is 0.309 e. The van der Waals surface area contributed by atoms with Crippen LogP contribution in [0.25, 0.3) is 11.3 Å². The average Bonchev–Trinajstić information content (AvgIpc) is 3.34. The second-order valence-electron chi connectivity index (χ2n) is 8.18. The molecule has 2 heterocycles. The van der Waals surface area contributed by atoms with E-state index in [0.717, 1.165) is 57.9 Å².